The monoisotopic (exact) mass is 233 g/mol. The summed E-state index contributed by atoms with van der Waals surface area (Å²) in [5, 5.41) is 0. The molecule has 0 N–H and O–H groups in total. The van der Waals surface area contributed by atoms with E-state index >= 15 is 0 Å². The highest BCUT2D eigenvalue weighted by atomic mass is 16.1. The summed E-state index contributed by atoms with van der Waals surface area (Å²) in [5.41, 5.74) is 0.667. The zero-order valence-electron chi connectivity index (χ0n) is 9.49. The van der Waals surface area contributed by atoms with Crippen molar-refractivity contribution < 1.29 is 14.4 Å². The van der Waals surface area contributed by atoms with Crippen molar-refractivity contribution in [2.75, 3.05) is 0 Å². The van der Waals surface area contributed by atoms with Crippen LogP contribution >= 0.6 is 0 Å². The second kappa shape index (κ2) is 7.44. The van der Waals surface area contributed by atoms with E-state index in [1.54, 1.807) is 24.4 Å². The largest absolute Gasteiger partial charge is 0.303 e. The van der Waals surface area contributed by atoms with Crippen LogP contribution in [0.1, 0.15) is 30.9 Å². The standard InChI is InChI=1S/C13H15NO3/c15-7-3-4-11(9-16)8-12(10-17)13-5-1-2-6-14-13/h1-2,5-7,9-12H,3-4,8H2. The lowest BCUT2D eigenvalue weighted by atomic mass is 9.91. The molecule has 0 saturated carbocycles. The Kier molecular flexibility index (Phi) is 5.79. The van der Waals surface area contributed by atoms with Gasteiger partial charge in [-0.2, -0.15) is 0 Å². The molecule has 0 radical (unpaired) electrons. The van der Waals surface area contributed by atoms with Crippen molar-refractivity contribution in [2.24, 2.45) is 5.92 Å². The van der Waals surface area contributed by atoms with E-state index in [2.05, 4.69) is 4.98 Å². The van der Waals surface area contributed by atoms with Gasteiger partial charge in [0.15, 0.2) is 0 Å². The molecule has 0 bridgehead atoms. The Bertz CT molecular complexity index is 364. The normalized spacial score (nSPS) is 13.6. The summed E-state index contributed by atoms with van der Waals surface area (Å²) >= 11 is 0. The molecule has 0 aromatic carbocycles. The van der Waals surface area contributed by atoms with Gasteiger partial charge in [0, 0.05) is 18.5 Å². The maximum absolute atomic E-state index is 11.0. The summed E-state index contributed by atoms with van der Waals surface area (Å²) < 4.78 is 0. The molecule has 0 aliphatic rings. The number of nitrogens with zero attached hydrogens (tertiary/aromatic N) is 1. The topological polar surface area (TPSA) is 64.1 Å². The van der Waals surface area contributed by atoms with Crippen molar-refractivity contribution in [1.82, 2.24) is 4.98 Å². The summed E-state index contributed by atoms with van der Waals surface area (Å²) in [6.07, 6.45) is 5.27. The molecule has 0 spiro atoms. The molecule has 17 heavy (non-hydrogen) atoms. The van der Waals surface area contributed by atoms with Gasteiger partial charge < -0.3 is 14.4 Å². The lowest BCUT2D eigenvalue weighted by Crippen LogP contribution is -2.11. The number of aldehydes is 3. The van der Waals surface area contributed by atoms with E-state index in [0.717, 1.165) is 18.9 Å². The van der Waals surface area contributed by atoms with Crippen molar-refractivity contribution in [3.8, 4) is 0 Å². The number of carbonyl (C=O) groups excluding carboxylic acids is 3. The fourth-order valence-corrected chi connectivity index (χ4v) is 1.69. The lowest BCUT2D eigenvalue weighted by Gasteiger charge is -2.13. The maximum atomic E-state index is 11.0. The minimum Gasteiger partial charge on any atom is -0.303 e. The minimum absolute atomic E-state index is 0.266. The van der Waals surface area contributed by atoms with Gasteiger partial charge in [0.25, 0.3) is 0 Å². The van der Waals surface area contributed by atoms with Gasteiger partial charge >= 0.3 is 0 Å². The summed E-state index contributed by atoms with van der Waals surface area (Å²) in [6, 6.07) is 5.34. The zero-order chi connectivity index (χ0) is 12.5. The van der Waals surface area contributed by atoms with Gasteiger partial charge in [-0.1, -0.05) is 6.07 Å². The maximum Gasteiger partial charge on any atom is 0.129 e. The molecular formula is C13H15NO3. The molecule has 4 nitrogen and oxygen atoms in total. The van der Waals surface area contributed by atoms with Crippen molar-refractivity contribution >= 4 is 18.9 Å². The highest BCUT2D eigenvalue weighted by Crippen LogP contribution is 2.21. The van der Waals surface area contributed by atoms with Crippen LogP contribution in [0.25, 0.3) is 0 Å². The third-order valence-electron chi connectivity index (χ3n) is 2.64. The number of hydrogen-bond acceptors (Lipinski definition) is 4. The van der Waals surface area contributed by atoms with Crippen LogP contribution in [0.15, 0.2) is 24.4 Å². The van der Waals surface area contributed by atoms with Crippen LogP contribution in [0.3, 0.4) is 0 Å². The second-order valence-corrected chi connectivity index (χ2v) is 3.87. The highest BCUT2D eigenvalue weighted by Gasteiger charge is 2.17. The van der Waals surface area contributed by atoms with Crippen molar-refractivity contribution in [2.45, 2.75) is 25.2 Å². The average Bonchev–Trinajstić information content (AvgIpc) is 2.40. The first-order chi connectivity index (χ1) is 8.31. The predicted molar refractivity (Wildman–Crippen MR) is 62.5 cm³/mol. The smallest absolute Gasteiger partial charge is 0.129 e. The molecular weight excluding hydrogens is 218 g/mol. The summed E-state index contributed by atoms with van der Waals surface area (Å²) in [4.78, 5) is 36.2. The van der Waals surface area contributed by atoms with Crippen LogP contribution in [0.4, 0.5) is 0 Å². The summed E-state index contributed by atoms with van der Waals surface area (Å²) in [5.74, 6) is -0.643. The SMILES string of the molecule is O=CCCC(C=O)CC(C=O)c1ccccn1. The Morgan fingerprint density at radius 1 is 1.18 bits per heavy atom. The van der Waals surface area contributed by atoms with Crippen LogP contribution in [-0.4, -0.2) is 23.8 Å². The molecule has 0 amide bonds. The first kappa shape index (κ1) is 13.2. The van der Waals surface area contributed by atoms with E-state index < -0.39 is 0 Å². The minimum atomic E-state index is -0.377. The molecule has 90 valence electrons. The van der Waals surface area contributed by atoms with Gasteiger partial charge in [-0.05, 0) is 25.0 Å². The third kappa shape index (κ3) is 4.26. The third-order valence-corrected chi connectivity index (χ3v) is 2.64. The van der Waals surface area contributed by atoms with E-state index in [1.165, 1.54) is 0 Å². The van der Waals surface area contributed by atoms with E-state index in [1.807, 2.05) is 0 Å². The molecule has 1 aromatic rings. The number of rotatable bonds is 8. The lowest BCUT2D eigenvalue weighted by molar-refractivity contribution is -0.112. The molecule has 0 aliphatic heterocycles. The number of pyridine rings is 1. The molecule has 0 aliphatic carbocycles. The Morgan fingerprint density at radius 2 is 2.00 bits per heavy atom. The Hall–Kier alpha value is -1.84. The molecule has 0 fully saturated rings. The quantitative estimate of drug-likeness (QED) is 0.639. The number of aromatic nitrogens is 1. The van der Waals surface area contributed by atoms with Gasteiger partial charge in [-0.15, -0.1) is 0 Å². The van der Waals surface area contributed by atoms with Crippen LogP contribution in [0.5, 0.6) is 0 Å². The molecule has 0 saturated heterocycles. The predicted octanol–water partition coefficient (Wildman–Crippen LogP) is 1.55. The second-order valence-electron chi connectivity index (χ2n) is 3.87. The van der Waals surface area contributed by atoms with Crippen LogP contribution in [-0.2, 0) is 14.4 Å². The fraction of sp³-hybridized carbons (Fsp3) is 0.385. The summed E-state index contributed by atoms with van der Waals surface area (Å²) in [6.45, 7) is 0. The first-order valence-electron chi connectivity index (χ1n) is 5.57. The van der Waals surface area contributed by atoms with Gasteiger partial charge in [0.2, 0.25) is 0 Å². The Balaban J connectivity index is 2.65. The molecule has 4 heteroatoms. The van der Waals surface area contributed by atoms with Crippen LogP contribution in [0, 0.1) is 5.92 Å². The van der Waals surface area contributed by atoms with Crippen LogP contribution < -0.4 is 0 Å². The van der Waals surface area contributed by atoms with Crippen LogP contribution in [0.2, 0.25) is 0 Å². The number of carbonyl (C=O) groups is 3. The Labute approximate surface area is 100 Å². The number of hydrogen-bond donors (Lipinski definition) is 0. The van der Waals surface area contributed by atoms with E-state index in [4.69, 9.17) is 0 Å². The van der Waals surface area contributed by atoms with Gasteiger partial charge in [-0.25, -0.2) is 0 Å². The Morgan fingerprint density at radius 3 is 2.53 bits per heavy atom. The van der Waals surface area contributed by atoms with E-state index in [0.29, 0.717) is 25.0 Å². The molecule has 1 rings (SSSR count). The molecule has 2 atom stereocenters. The van der Waals surface area contributed by atoms with Gasteiger partial charge in [0.1, 0.15) is 18.9 Å². The summed E-state index contributed by atoms with van der Waals surface area (Å²) in [7, 11) is 0. The van der Waals surface area contributed by atoms with E-state index in [9.17, 15) is 14.4 Å². The average molecular weight is 233 g/mol. The molecule has 1 aromatic heterocycles. The zero-order valence-corrected chi connectivity index (χ0v) is 9.49. The van der Waals surface area contributed by atoms with Crippen molar-refractivity contribution in [3.63, 3.8) is 0 Å². The van der Waals surface area contributed by atoms with Crippen molar-refractivity contribution in [3.05, 3.63) is 30.1 Å². The fourth-order valence-electron chi connectivity index (χ4n) is 1.69. The first-order valence-corrected chi connectivity index (χ1v) is 5.57. The molecule has 2 unspecified atom stereocenters. The van der Waals surface area contributed by atoms with Crippen molar-refractivity contribution in [1.29, 1.82) is 0 Å². The van der Waals surface area contributed by atoms with E-state index in [-0.39, 0.29) is 11.8 Å². The van der Waals surface area contributed by atoms with Gasteiger partial charge in [-0.3, -0.25) is 4.98 Å². The highest BCUT2D eigenvalue weighted by molar-refractivity contribution is 5.63. The molecule has 1 heterocycles. The van der Waals surface area contributed by atoms with Gasteiger partial charge in [0.05, 0.1) is 11.6 Å².